The second-order valence-electron chi connectivity index (χ2n) is 4.49. The molecule has 0 saturated heterocycles. The summed E-state index contributed by atoms with van der Waals surface area (Å²) in [5.74, 6) is 2.06. The Morgan fingerprint density at radius 2 is 2.28 bits per heavy atom. The molecule has 98 valence electrons. The molecule has 0 N–H and O–H groups in total. The van der Waals surface area contributed by atoms with Crippen LogP contribution in [0.4, 0.5) is 0 Å². The van der Waals surface area contributed by atoms with Crippen molar-refractivity contribution in [1.82, 2.24) is 14.5 Å². The van der Waals surface area contributed by atoms with Crippen molar-refractivity contribution in [2.45, 2.75) is 6.42 Å². The van der Waals surface area contributed by atoms with E-state index in [9.17, 15) is 0 Å². The molecule has 0 aromatic carbocycles. The summed E-state index contributed by atoms with van der Waals surface area (Å²) in [7, 11) is 6.11. The monoisotopic (exact) mass is 265 g/mol. The van der Waals surface area contributed by atoms with Crippen molar-refractivity contribution in [3.8, 4) is 5.75 Å². The Labute approximate surface area is 112 Å². The second kappa shape index (κ2) is 6.02. The highest BCUT2D eigenvalue weighted by Gasteiger charge is 2.09. The zero-order chi connectivity index (χ0) is 13.0. The minimum absolute atomic E-state index is 0.720. The second-order valence-corrected chi connectivity index (χ2v) is 5.49. The first kappa shape index (κ1) is 13.1. The zero-order valence-corrected chi connectivity index (χ0v) is 11.9. The summed E-state index contributed by atoms with van der Waals surface area (Å²) in [6, 6.07) is 2.04. The van der Waals surface area contributed by atoms with Crippen LogP contribution in [0, 0.1) is 0 Å². The number of aryl methyl sites for hydroxylation is 1. The fourth-order valence-electron chi connectivity index (χ4n) is 1.63. The van der Waals surface area contributed by atoms with Crippen LogP contribution in [0.15, 0.2) is 23.8 Å². The molecule has 0 aliphatic heterocycles. The van der Waals surface area contributed by atoms with Gasteiger partial charge in [0.15, 0.2) is 0 Å². The molecule has 2 aromatic heterocycles. The van der Waals surface area contributed by atoms with Gasteiger partial charge in [-0.15, -0.1) is 11.3 Å². The lowest BCUT2D eigenvalue weighted by Crippen LogP contribution is -2.19. The first-order chi connectivity index (χ1) is 8.66. The highest BCUT2D eigenvalue weighted by atomic mass is 32.1. The number of ether oxygens (including phenoxy) is 1. The number of thiophene rings is 1. The highest BCUT2D eigenvalue weighted by molar-refractivity contribution is 7.10. The van der Waals surface area contributed by atoms with E-state index in [1.165, 1.54) is 4.88 Å². The standard InChI is InChI=1S/C13H19N3OS/c1-15(2)7-8-17-11-4-9-18-12(11)10-13-14-5-6-16(13)3/h4-6,9H,7-8,10H2,1-3H3. The van der Waals surface area contributed by atoms with Crippen molar-refractivity contribution in [2.24, 2.45) is 7.05 Å². The molecule has 2 heterocycles. The van der Waals surface area contributed by atoms with Crippen molar-refractivity contribution in [3.63, 3.8) is 0 Å². The number of hydrogen-bond donors (Lipinski definition) is 0. The molecule has 4 nitrogen and oxygen atoms in total. The van der Waals surface area contributed by atoms with Crippen LogP contribution in [0.5, 0.6) is 5.75 Å². The molecule has 0 aliphatic rings. The van der Waals surface area contributed by atoms with Gasteiger partial charge in [0.2, 0.25) is 0 Å². The maximum Gasteiger partial charge on any atom is 0.133 e. The van der Waals surface area contributed by atoms with Crippen molar-refractivity contribution in [3.05, 3.63) is 34.5 Å². The summed E-state index contributed by atoms with van der Waals surface area (Å²) in [5.41, 5.74) is 0. The van der Waals surface area contributed by atoms with Gasteiger partial charge in [-0.2, -0.15) is 0 Å². The van der Waals surface area contributed by atoms with Gasteiger partial charge in [-0.3, -0.25) is 0 Å². The number of nitrogens with zero attached hydrogens (tertiary/aromatic N) is 3. The highest BCUT2D eigenvalue weighted by Crippen LogP contribution is 2.27. The van der Waals surface area contributed by atoms with E-state index >= 15 is 0 Å². The molecular formula is C13H19N3OS. The lowest BCUT2D eigenvalue weighted by atomic mass is 10.3. The molecular weight excluding hydrogens is 246 g/mol. The van der Waals surface area contributed by atoms with E-state index in [-0.39, 0.29) is 0 Å². The molecule has 0 spiro atoms. The van der Waals surface area contributed by atoms with E-state index in [4.69, 9.17) is 4.74 Å². The molecule has 0 saturated carbocycles. The Hall–Kier alpha value is -1.33. The first-order valence-corrected chi connectivity index (χ1v) is 6.85. The molecule has 0 unspecified atom stereocenters. The van der Waals surface area contributed by atoms with Crippen molar-refractivity contribution >= 4 is 11.3 Å². The van der Waals surface area contributed by atoms with Gasteiger partial charge in [-0.05, 0) is 25.5 Å². The van der Waals surface area contributed by atoms with Crippen LogP contribution in [0.1, 0.15) is 10.7 Å². The quantitative estimate of drug-likeness (QED) is 0.800. The van der Waals surface area contributed by atoms with E-state index in [1.54, 1.807) is 11.3 Å². The van der Waals surface area contributed by atoms with E-state index in [2.05, 4.69) is 15.3 Å². The van der Waals surface area contributed by atoms with Crippen LogP contribution < -0.4 is 4.74 Å². The molecule has 2 aromatic rings. The maximum atomic E-state index is 5.81. The van der Waals surface area contributed by atoms with Gasteiger partial charge >= 0.3 is 0 Å². The molecule has 5 heteroatoms. The number of hydrogen-bond acceptors (Lipinski definition) is 4. The van der Waals surface area contributed by atoms with Crippen LogP contribution in [0.3, 0.4) is 0 Å². The number of likely N-dealkylation sites (N-methyl/N-ethyl adjacent to an activating group) is 1. The van der Waals surface area contributed by atoms with Gasteiger partial charge in [0.05, 0.1) is 4.88 Å². The molecule has 0 amide bonds. The number of imidazole rings is 1. The van der Waals surface area contributed by atoms with E-state index in [0.717, 1.165) is 31.1 Å². The van der Waals surface area contributed by atoms with E-state index in [1.807, 2.05) is 44.2 Å². The average Bonchev–Trinajstić information content (AvgIpc) is 2.90. The van der Waals surface area contributed by atoms with Crippen molar-refractivity contribution in [1.29, 1.82) is 0 Å². The predicted octanol–water partition coefficient (Wildman–Crippen LogP) is 2.01. The first-order valence-electron chi connectivity index (χ1n) is 5.97. The number of aromatic nitrogens is 2. The summed E-state index contributed by atoms with van der Waals surface area (Å²) in [6.45, 7) is 1.65. The predicted molar refractivity (Wildman–Crippen MR) is 74.4 cm³/mol. The summed E-state index contributed by atoms with van der Waals surface area (Å²) in [5, 5.41) is 2.07. The van der Waals surface area contributed by atoms with E-state index in [0.29, 0.717) is 0 Å². The third-order valence-corrected chi connectivity index (χ3v) is 3.64. The smallest absolute Gasteiger partial charge is 0.133 e. The fraction of sp³-hybridized carbons (Fsp3) is 0.462. The van der Waals surface area contributed by atoms with E-state index < -0.39 is 0 Å². The van der Waals surface area contributed by atoms with Gasteiger partial charge < -0.3 is 14.2 Å². The van der Waals surface area contributed by atoms with Crippen LogP contribution >= 0.6 is 11.3 Å². The molecule has 0 atom stereocenters. The third-order valence-electron chi connectivity index (χ3n) is 2.74. The van der Waals surface area contributed by atoms with Gasteiger partial charge in [0.25, 0.3) is 0 Å². The summed E-state index contributed by atoms with van der Waals surface area (Å²) in [6.07, 6.45) is 4.63. The lowest BCUT2D eigenvalue weighted by molar-refractivity contribution is 0.260. The van der Waals surface area contributed by atoms with Crippen LogP contribution in [0.2, 0.25) is 0 Å². The lowest BCUT2D eigenvalue weighted by Gasteiger charge is -2.11. The van der Waals surface area contributed by atoms with Gasteiger partial charge in [0, 0.05) is 32.4 Å². The SMILES string of the molecule is CN(C)CCOc1ccsc1Cc1nccn1C. The van der Waals surface area contributed by atoms with Gasteiger partial charge in [-0.1, -0.05) is 0 Å². The normalized spacial score (nSPS) is 11.1. The molecule has 0 bridgehead atoms. The Morgan fingerprint density at radius 3 is 2.94 bits per heavy atom. The van der Waals surface area contributed by atoms with Gasteiger partial charge in [0.1, 0.15) is 18.2 Å². The molecule has 0 fully saturated rings. The van der Waals surface area contributed by atoms with Crippen molar-refractivity contribution < 1.29 is 4.74 Å². The van der Waals surface area contributed by atoms with Crippen LogP contribution in [-0.4, -0.2) is 41.7 Å². The average molecular weight is 265 g/mol. The fourth-order valence-corrected chi connectivity index (χ4v) is 2.45. The molecule has 0 radical (unpaired) electrons. The molecule has 0 aliphatic carbocycles. The Morgan fingerprint density at radius 1 is 1.44 bits per heavy atom. The van der Waals surface area contributed by atoms with Crippen molar-refractivity contribution in [2.75, 3.05) is 27.2 Å². The van der Waals surface area contributed by atoms with Gasteiger partial charge in [-0.25, -0.2) is 4.98 Å². The summed E-state index contributed by atoms with van der Waals surface area (Å²) in [4.78, 5) is 7.70. The maximum absolute atomic E-state index is 5.81. The Bertz CT molecular complexity index is 490. The third kappa shape index (κ3) is 3.34. The van der Waals surface area contributed by atoms with Crippen LogP contribution in [0.25, 0.3) is 0 Å². The molecule has 2 rings (SSSR count). The zero-order valence-electron chi connectivity index (χ0n) is 11.1. The topological polar surface area (TPSA) is 30.3 Å². The minimum atomic E-state index is 0.720. The largest absolute Gasteiger partial charge is 0.491 e. The Balaban J connectivity index is 1.97. The molecule has 18 heavy (non-hydrogen) atoms. The summed E-state index contributed by atoms with van der Waals surface area (Å²) < 4.78 is 7.85. The Kier molecular flexibility index (Phi) is 4.38. The number of rotatable bonds is 6. The van der Waals surface area contributed by atoms with Crippen LogP contribution in [-0.2, 0) is 13.5 Å². The summed E-state index contributed by atoms with van der Waals surface area (Å²) >= 11 is 1.72. The minimum Gasteiger partial charge on any atom is -0.491 e.